The number of hydrogen-bond acceptors (Lipinski definition) is 5. The molecule has 1 N–H and O–H groups in total. The molecule has 0 bridgehead atoms. The minimum absolute atomic E-state index is 0.709. The van der Waals surface area contributed by atoms with Crippen LogP contribution in [0.5, 0.6) is 0 Å². The van der Waals surface area contributed by atoms with Crippen LogP contribution in [0.2, 0.25) is 0 Å². The number of carbonyl (C=O) groups excluding carboxylic acids is 1. The number of nitrogens with one attached hydrogen (secondary N) is 1. The highest BCUT2D eigenvalue weighted by molar-refractivity contribution is 7.16. The molecule has 0 spiro atoms. The van der Waals surface area contributed by atoms with Crippen LogP contribution in [-0.4, -0.2) is 27.6 Å². The van der Waals surface area contributed by atoms with E-state index in [9.17, 15) is 4.79 Å². The molecule has 2 aromatic heterocycles. The van der Waals surface area contributed by atoms with Gasteiger partial charge in [-0.1, -0.05) is 0 Å². The third-order valence-electron chi connectivity index (χ3n) is 2.50. The SMILES string of the molecule is O=Cc1ccc(-c2nc3n(n2)CCNC3)s1. The van der Waals surface area contributed by atoms with Crippen molar-refractivity contribution in [2.75, 3.05) is 6.54 Å². The molecule has 0 amide bonds. The minimum atomic E-state index is 0.709. The lowest BCUT2D eigenvalue weighted by Crippen LogP contribution is -2.28. The molecular formula is C10H10N4OS. The van der Waals surface area contributed by atoms with E-state index in [1.165, 1.54) is 11.3 Å². The first-order valence-corrected chi connectivity index (χ1v) is 5.88. The lowest BCUT2D eigenvalue weighted by molar-refractivity contribution is 0.112. The van der Waals surface area contributed by atoms with Crippen LogP contribution in [0.3, 0.4) is 0 Å². The Morgan fingerprint density at radius 1 is 1.50 bits per heavy atom. The van der Waals surface area contributed by atoms with Gasteiger partial charge in [0.05, 0.1) is 22.8 Å². The number of aldehydes is 1. The third kappa shape index (κ3) is 1.56. The van der Waals surface area contributed by atoms with Gasteiger partial charge in [0.1, 0.15) is 5.82 Å². The normalized spacial score (nSPS) is 14.8. The van der Waals surface area contributed by atoms with Crippen LogP contribution in [-0.2, 0) is 13.1 Å². The predicted octanol–water partition coefficient (Wildman–Crippen LogP) is 0.922. The fourth-order valence-electron chi connectivity index (χ4n) is 1.71. The van der Waals surface area contributed by atoms with Crippen molar-refractivity contribution in [1.29, 1.82) is 0 Å². The van der Waals surface area contributed by atoms with Crippen LogP contribution in [0.4, 0.5) is 0 Å². The molecule has 2 aromatic rings. The maximum atomic E-state index is 10.6. The number of rotatable bonds is 2. The van der Waals surface area contributed by atoms with Crippen LogP contribution in [0, 0.1) is 0 Å². The van der Waals surface area contributed by atoms with Gasteiger partial charge in [0, 0.05) is 6.54 Å². The molecule has 0 unspecified atom stereocenters. The van der Waals surface area contributed by atoms with E-state index in [1.807, 2.05) is 10.7 Å². The van der Waals surface area contributed by atoms with Crippen molar-refractivity contribution in [3.8, 4) is 10.7 Å². The molecule has 3 heterocycles. The summed E-state index contributed by atoms with van der Waals surface area (Å²) >= 11 is 1.42. The van der Waals surface area contributed by atoms with E-state index < -0.39 is 0 Å². The second-order valence-electron chi connectivity index (χ2n) is 3.57. The van der Waals surface area contributed by atoms with Gasteiger partial charge < -0.3 is 5.32 Å². The summed E-state index contributed by atoms with van der Waals surface area (Å²) in [4.78, 5) is 16.7. The molecular weight excluding hydrogens is 224 g/mol. The molecule has 82 valence electrons. The van der Waals surface area contributed by atoms with Gasteiger partial charge in [-0.2, -0.15) is 0 Å². The lowest BCUT2D eigenvalue weighted by Gasteiger charge is -2.11. The van der Waals surface area contributed by atoms with Crippen molar-refractivity contribution >= 4 is 17.6 Å². The molecule has 0 saturated heterocycles. The Morgan fingerprint density at radius 3 is 3.19 bits per heavy atom. The largest absolute Gasteiger partial charge is 0.308 e. The maximum absolute atomic E-state index is 10.6. The van der Waals surface area contributed by atoms with Gasteiger partial charge in [-0.25, -0.2) is 9.67 Å². The fourth-order valence-corrected chi connectivity index (χ4v) is 2.46. The molecule has 6 heteroatoms. The number of hydrogen-bond donors (Lipinski definition) is 1. The molecule has 0 fully saturated rings. The van der Waals surface area contributed by atoms with E-state index >= 15 is 0 Å². The monoisotopic (exact) mass is 234 g/mol. The number of fused-ring (bicyclic) bond motifs is 1. The Kier molecular flexibility index (Phi) is 2.30. The van der Waals surface area contributed by atoms with Crippen LogP contribution in [0.1, 0.15) is 15.5 Å². The van der Waals surface area contributed by atoms with Crippen LogP contribution in [0.25, 0.3) is 10.7 Å². The Bertz CT molecular complexity index is 507. The van der Waals surface area contributed by atoms with Crippen LogP contribution < -0.4 is 5.32 Å². The zero-order valence-electron chi connectivity index (χ0n) is 8.51. The summed E-state index contributed by atoms with van der Waals surface area (Å²) in [6.45, 7) is 2.55. The average molecular weight is 234 g/mol. The van der Waals surface area contributed by atoms with Gasteiger partial charge in [-0.05, 0) is 12.1 Å². The summed E-state index contributed by atoms with van der Waals surface area (Å²) in [7, 11) is 0. The van der Waals surface area contributed by atoms with Crippen molar-refractivity contribution in [2.24, 2.45) is 0 Å². The standard InChI is InChI=1S/C10H10N4OS/c15-6-7-1-2-8(16-7)10-12-9-5-11-3-4-14(9)13-10/h1-2,6,11H,3-5H2. The van der Waals surface area contributed by atoms with Gasteiger partial charge in [-0.15, -0.1) is 16.4 Å². The number of carbonyl (C=O) groups is 1. The summed E-state index contributed by atoms with van der Waals surface area (Å²) in [5, 5.41) is 7.67. The van der Waals surface area contributed by atoms with Crippen molar-refractivity contribution in [3.63, 3.8) is 0 Å². The van der Waals surface area contributed by atoms with E-state index in [4.69, 9.17) is 0 Å². The van der Waals surface area contributed by atoms with Crippen molar-refractivity contribution in [1.82, 2.24) is 20.1 Å². The molecule has 0 saturated carbocycles. The summed E-state index contributed by atoms with van der Waals surface area (Å²) in [5.74, 6) is 1.68. The molecule has 0 aromatic carbocycles. The second kappa shape index (κ2) is 3.80. The molecule has 0 atom stereocenters. The van der Waals surface area contributed by atoms with Crippen LogP contribution >= 0.6 is 11.3 Å². The Balaban J connectivity index is 1.99. The quantitative estimate of drug-likeness (QED) is 0.785. The summed E-state index contributed by atoms with van der Waals surface area (Å²) < 4.78 is 1.92. The molecule has 0 aliphatic carbocycles. The number of nitrogens with zero attached hydrogens (tertiary/aromatic N) is 3. The first-order valence-electron chi connectivity index (χ1n) is 5.06. The first kappa shape index (κ1) is 9.68. The molecule has 5 nitrogen and oxygen atoms in total. The Labute approximate surface area is 96.1 Å². The minimum Gasteiger partial charge on any atom is -0.308 e. The molecule has 16 heavy (non-hydrogen) atoms. The van der Waals surface area contributed by atoms with Crippen molar-refractivity contribution in [2.45, 2.75) is 13.1 Å². The highest BCUT2D eigenvalue weighted by Gasteiger charge is 2.15. The summed E-state index contributed by atoms with van der Waals surface area (Å²) in [6.07, 6.45) is 0.853. The van der Waals surface area contributed by atoms with Gasteiger partial charge in [0.25, 0.3) is 0 Å². The molecule has 1 aliphatic rings. The van der Waals surface area contributed by atoms with E-state index in [2.05, 4.69) is 15.4 Å². The van der Waals surface area contributed by atoms with Gasteiger partial charge in [-0.3, -0.25) is 4.79 Å². The zero-order chi connectivity index (χ0) is 11.0. The third-order valence-corrected chi connectivity index (χ3v) is 3.50. The first-order chi connectivity index (χ1) is 7.86. The van der Waals surface area contributed by atoms with Gasteiger partial charge >= 0.3 is 0 Å². The average Bonchev–Trinajstić information content (AvgIpc) is 2.95. The predicted molar refractivity (Wildman–Crippen MR) is 60.4 cm³/mol. The number of thiophene rings is 1. The van der Waals surface area contributed by atoms with E-state index in [-0.39, 0.29) is 0 Å². The van der Waals surface area contributed by atoms with E-state index in [0.717, 1.165) is 42.4 Å². The Morgan fingerprint density at radius 2 is 2.44 bits per heavy atom. The van der Waals surface area contributed by atoms with E-state index in [1.54, 1.807) is 6.07 Å². The van der Waals surface area contributed by atoms with Crippen molar-refractivity contribution < 1.29 is 4.79 Å². The highest BCUT2D eigenvalue weighted by atomic mass is 32.1. The maximum Gasteiger partial charge on any atom is 0.191 e. The van der Waals surface area contributed by atoms with Crippen LogP contribution in [0.15, 0.2) is 12.1 Å². The lowest BCUT2D eigenvalue weighted by atomic mass is 10.4. The highest BCUT2D eigenvalue weighted by Crippen LogP contribution is 2.25. The van der Waals surface area contributed by atoms with Gasteiger partial charge in [0.2, 0.25) is 0 Å². The summed E-state index contributed by atoms with van der Waals surface area (Å²) in [6, 6.07) is 3.69. The topological polar surface area (TPSA) is 59.8 Å². The second-order valence-corrected chi connectivity index (χ2v) is 4.69. The van der Waals surface area contributed by atoms with Crippen molar-refractivity contribution in [3.05, 3.63) is 22.8 Å². The van der Waals surface area contributed by atoms with Gasteiger partial charge in [0.15, 0.2) is 12.1 Å². The molecule has 0 radical (unpaired) electrons. The Hall–Kier alpha value is -1.53. The fraction of sp³-hybridized carbons (Fsp3) is 0.300. The van der Waals surface area contributed by atoms with E-state index in [0.29, 0.717) is 4.88 Å². The summed E-state index contributed by atoms with van der Waals surface area (Å²) in [5.41, 5.74) is 0. The number of aromatic nitrogens is 3. The zero-order valence-corrected chi connectivity index (χ0v) is 9.33. The molecule has 3 rings (SSSR count). The smallest absolute Gasteiger partial charge is 0.191 e. The molecule has 1 aliphatic heterocycles.